The van der Waals surface area contributed by atoms with Crippen LogP contribution in [0.25, 0.3) is 21.3 Å². The highest BCUT2D eigenvalue weighted by atomic mass is 32.2. The molecule has 6 heteroatoms. The molecule has 0 fully saturated rings. The zero-order valence-electron chi connectivity index (χ0n) is 18.1. The van der Waals surface area contributed by atoms with E-state index in [1.54, 1.807) is 10.6 Å². The summed E-state index contributed by atoms with van der Waals surface area (Å²) >= 11 is 2.75. The molecule has 2 aromatic carbocycles. The Morgan fingerprint density at radius 2 is 1.88 bits per heavy atom. The summed E-state index contributed by atoms with van der Waals surface area (Å²) in [6.07, 6.45) is 2.62. The lowest BCUT2D eigenvalue weighted by molar-refractivity contribution is 0.102. The molecule has 0 bridgehead atoms. The second-order valence-electron chi connectivity index (χ2n) is 7.56. The van der Waals surface area contributed by atoms with E-state index in [4.69, 9.17) is 4.98 Å². The van der Waals surface area contributed by atoms with Crippen molar-refractivity contribution in [3.63, 3.8) is 0 Å². The smallest absolute Gasteiger partial charge is 0.263 e. The predicted molar refractivity (Wildman–Crippen MR) is 135 cm³/mol. The van der Waals surface area contributed by atoms with Gasteiger partial charge in [0.15, 0.2) is 10.9 Å². The Morgan fingerprint density at radius 3 is 2.53 bits per heavy atom. The first-order valence-corrected chi connectivity index (χ1v) is 12.3. The number of allylic oxidation sites excluding steroid dienone is 1. The molecule has 2 aromatic heterocycles. The molecule has 0 aliphatic carbocycles. The van der Waals surface area contributed by atoms with Crippen molar-refractivity contribution in [2.24, 2.45) is 0 Å². The van der Waals surface area contributed by atoms with E-state index in [2.05, 4.69) is 13.5 Å². The second-order valence-corrected chi connectivity index (χ2v) is 9.36. The Bertz CT molecular complexity index is 1330. The van der Waals surface area contributed by atoms with Gasteiger partial charge in [0.05, 0.1) is 11.1 Å². The highest BCUT2D eigenvalue weighted by molar-refractivity contribution is 7.99. The first-order valence-electron chi connectivity index (χ1n) is 10.5. The molecule has 4 nitrogen and oxygen atoms in total. The molecular formula is C26H24N2O2S2. The van der Waals surface area contributed by atoms with Gasteiger partial charge in [-0.05, 0) is 24.5 Å². The van der Waals surface area contributed by atoms with Crippen LogP contribution in [0.1, 0.15) is 28.4 Å². The van der Waals surface area contributed by atoms with Crippen molar-refractivity contribution in [2.45, 2.75) is 32.0 Å². The number of thioether (sulfide) groups is 1. The quantitative estimate of drug-likeness (QED) is 0.137. The van der Waals surface area contributed by atoms with Gasteiger partial charge in [0.1, 0.15) is 4.83 Å². The number of fused-ring (bicyclic) bond motifs is 1. The maximum atomic E-state index is 13.4. The number of thiophene rings is 1. The lowest BCUT2D eigenvalue weighted by Gasteiger charge is -2.11. The van der Waals surface area contributed by atoms with Gasteiger partial charge in [0.25, 0.3) is 5.56 Å². The topological polar surface area (TPSA) is 52.0 Å². The van der Waals surface area contributed by atoms with Crippen LogP contribution in [0, 0.1) is 6.92 Å². The van der Waals surface area contributed by atoms with E-state index < -0.39 is 0 Å². The van der Waals surface area contributed by atoms with Crippen molar-refractivity contribution in [3.05, 3.63) is 93.6 Å². The van der Waals surface area contributed by atoms with Crippen LogP contribution < -0.4 is 5.56 Å². The second kappa shape index (κ2) is 9.67. The van der Waals surface area contributed by atoms with Crippen molar-refractivity contribution in [1.29, 1.82) is 0 Å². The number of Topliss-reactive ketones (excluding diaryl/α,β-unsaturated/α-hetero) is 1. The monoisotopic (exact) mass is 460 g/mol. The number of rotatable bonds is 8. The summed E-state index contributed by atoms with van der Waals surface area (Å²) in [4.78, 5) is 31.6. The fourth-order valence-corrected chi connectivity index (χ4v) is 5.38. The predicted octanol–water partition coefficient (Wildman–Crippen LogP) is 6.16. The zero-order chi connectivity index (χ0) is 22.7. The average molecular weight is 461 g/mol. The highest BCUT2D eigenvalue weighted by Crippen LogP contribution is 2.32. The number of nitrogens with zero attached hydrogens (tertiary/aromatic N) is 2. The summed E-state index contributed by atoms with van der Waals surface area (Å²) in [5.74, 6) is 0.236. The van der Waals surface area contributed by atoms with E-state index in [1.807, 2.05) is 60.8 Å². The summed E-state index contributed by atoms with van der Waals surface area (Å²) in [7, 11) is 0. The minimum atomic E-state index is -0.103. The number of aryl methyl sites for hydroxylation is 2. The van der Waals surface area contributed by atoms with Crippen LogP contribution in [0.3, 0.4) is 0 Å². The van der Waals surface area contributed by atoms with Gasteiger partial charge < -0.3 is 0 Å². The molecule has 0 spiro atoms. The molecule has 0 aliphatic rings. The molecule has 0 saturated heterocycles. The molecule has 0 saturated carbocycles. The van der Waals surface area contributed by atoms with Gasteiger partial charge in [0, 0.05) is 23.1 Å². The highest BCUT2D eigenvalue weighted by Gasteiger charge is 2.18. The molecule has 0 amide bonds. The number of hydrogen-bond donors (Lipinski definition) is 0. The Labute approximate surface area is 195 Å². The van der Waals surface area contributed by atoms with E-state index >= 15 is 0 Å². The summed E-state index contributed by atoms with van der Waals surface area (Å²) < 4.78 is 1.61. The van der Waals surface area contributed by atoms with Crippen LogP contribution in [-0.2, 0) is 13.0 Å². The van der Waals surface area contributed by atoms with Gasteiger partial charge in [-0.15, -0.1) is 17.9 Å². The summed E-state index contributed by atoms with van der Waals surface area (Å²) in [6, 6.07) is 15.8. The third kappa shape index (κ3) is 4.47. The van der Waals surface area contributed by atoms with Crippen molar-refractivity contribution in [3.8, 4) is 11.1 Å². The van der Waals surface area contributed by atoms with Crippen LogP contribution in [-0.4, -0.2) is 21.1 Å². The number of benzene rings is 2. The average Bonchev–Trinajstić information content (AvgIpc) is 3.24. The van der Waals surface area contributed by atoms with Crippen LogP contribution >= 0.6 is 23.1 Å². The van der Waals surface area contributed by atoms with Crippen LogP contribution in [0.4, 0.5) is 0 Å². The van der Waals surface area contributed by atoms with E-state index in [1.165, 1.54) is 34.2 Å². The van der Waals surface area contributed by atoms with Crippen molar-refractivity contribution in [2.75, 3.05) is 5.75 Å². The largest absolute Gasteiger partial charge is 0.293 e. The Balaban J connectivity index is 1.67. The first kappa shape index (κ1) is 22.2. The molecular weight excluding hydrogens is 436 g/mol. The van der Waals surface area contributed by atoms with E-state index in [-0.39, 0.29) is 17.1 Å². The lowest BCUT2D eigenvalue weighted by atomic mass is 10.1. The van der Waals surface area contributed by atoms with Gasteiger partial charge in [0.2, 0.25) is 0 Å². The molecule has 162 valence electrons. The minimum absolute atomic E-state index is 0.0173. The number of hydrogen-bond acceptors (Lipinski definition) is 5. The normalized spacial score (nSPS) is 11.1. The van der Waals surface area contributed by atoms with E-state index in [0.29, 0.717) is 27.5 Å². The molecule has 4 rings (SSSR count). The summed E-state index contributed by atoms with van der Waals surface area (Å²) in [6.45, 7) is 8.26. The van der Waals surface area contributed by atoms with Crippen molar-refractivity contribution in [1.82, 2.24) is 9.55 Å². The number of carbonyl (C=O) groups is 1. The fraction of sp³-hybridized carbons (Fsp3) is 0.192. The fourth-order valence-electron chi connectivity index (χ4n) is 3.49. The Morgan fingerprint density at radius 1 is 1.16 bits per heavy atom. The Hall–Kier alpha value is -2.96. The molecule has 0 radical (unpaired) electrons. The van der Waals surface area contributed by atoms with Gasteiger partial charge in [-0.1, -0.05) is 78.9 Å². The van der Waals surface area contributed by atoms with E-state index in [9.17, 15) is 9.59 Å². The van der Waals surface area contributed by atoms with Crippen LogP contribution in [0.5, 0.6) is 0 Å². The molecule has 0 atom stereocenters. The van der Waals surface area contributed by atoms with Crippen molar-refractivity contribution < 1.29 is 4.79 Å². The van der Waals surface area contributed by atoms with Gasteiger partial charge in [-0.2, -0.15) is 0 Å². The molecule has 2 heterocycles. The van der Waals surface area contributed by atoms with E-state index in [0.717, 1.165) is 17.5 Å². The lowest BCUT2D eigenvalue weighted by Crippen LogP contribution is -2.23. The maximum Gasteiger partial charge on any atom is 0.263 e. The van der Waals surface area contributed by atoms with Crippen LogP contribution in [0.15, 0.2) is 76.5 Å². The summed E-state index contributed by atoms with van der Waals surface area (Å²) in [5, 5.41) is 3.14. The molecule has 32 heavy (non-hydrogen) atoms. The standard InChI is InChI=1S/C26H24N2O2S2/c1-4-14-28-25(30)23-21(19-10-6-17(3)7-11-19)15-31-24(23)27-26(28)32-16-22(29)20-12-8-18(5-2)9-13-20/h4,6-13,15H,1,5,14,16H2,2-3H3. The van der Waals surface area contributed by atoms with Crippen molar-refractivity contribution >= 4 is 39.1 Å². The molecule has 0 aliphatic heterocycles. The number of ketones is 1. The van der Waals surface area contributed by atoms with Gasteiger partial charge in [-0.25, -0.2) is 4.98 Å². The number of carbonyl (C=O) groups excluding carboxylic acids is 1. The molecule has 0 N–H and O–H groups in total. The Kier molecular flexibility index (Phi) is 6.72. The third-order valence-electron chi connectivity index (χ3n) is 5.35. The SMILES string of the molecule is C=CCn1c(SCC(=O)c2ccc(CC)cc2)nc2scc(-c3ccc(C)cc3)c2c1=O. The first-order chi connectivity index (χ1) is 15.5. The summed E-state index contributed by atoms with van der Waals surface area (Å²) in [5.41, 5.74) is 4.83. The number of aromatic nitrogens is 2. The maximum absolute atomic E-state index is 13.4. The third-order valence-corrected chi connectivity index (χ3v) is 7.20. The van der Waals surface area contributed by atoms with Gasteiger partial charge >= 0.3 is 0 Å². The van der Waals surface area contributed by atoms with Crippen LogP contribution in [0.2, 0.25) is 0 Å². The molecule has 0 unspecified atom stereocenters. The van der Waals surface area contributed by atoms with Gasteiger partial charge in [-0.3, -0.25) is 14.2 Å². The zero-order valence-corrected chi connectivity index (χ0v) is 19.8. The minimum Gasteiger partial charge on any atom is -0.293 e. The molecule has 4 aromatic rings.